The van der Waals surface area contributed by atoms with Crippen LogP contribution in [0.5, 0.6) is 0 Å². The van der Waals surface area contributed by atoms with E-state index in [9.17, 15) is 0 Å². The van der Waals surface area contributed by atoms with Crippen LogP contribution < -0.4 is 5.43 Å². The molecule has 0 unspecified atom stereocenters. The maximum Gasteiger partial charge on any atom is 0.0639 e. The highest BCUT2D eigenvalue weighted by Crippen LogP contribution is 2.15. The number of nitrogens with zero attached hydrogens (tertiary/aromatic N) is 1. The van der Waals surface area contributed by atoms with E-state index in [-0.39, 0.29) is 0 Å². The topological polar surface area (TPSA) is 24.4 Å². The Morgan fingerprint density at radius 3 is 2.62 bits per heavy atom. The number of rotatable bonds is 1. The highest BCUT2D eigenvalue weighted by Gasteiger charge is 2.01. The summed E-state index contributed by atoms with van der Waals surface area (Å²) in [6.45, 7) is 5.99. The van der Waals surface area contributed by atoms with Crippen LogP contribution in [0.2, 0.25) is 0 Å². The van der Waals surface area contributed by atoms with Gasteiger partial charge in [-0.2, -0.15) is 5.10 Å². The molecule has 1 aliphatic rings. The average molecular weight is 210 g/mol. The Hall–Kier alpha value is -2.09. The van der Waals surface area contributed by atoms with E-state index in [4.69, 9.17) is 0 Å². The van der Waals surface area contributed by atoms with Crippen molar-refractivity contribution < 1.29 is 0 Å². The summed E-state index contributed by atoms with van der Waals surface area (Å²) in [5, 5.41) is 4.15. The lowest BCUT2D eigenvalue weighted by Gasteiger charge is -2.09. The van der Waals surface area contributed by atoms with Crippen molar-refractivity contribution in [2.24, 2.45) is 5.10 Å². The summed E-state index contributed by atoms with van der Waals surface area (Å²) in [6.07, 6.45) is 5.80. The third-order valence-corrected chi connectivity index (χ3v) is 2.28. The maximum atomic E-state index is 4.15. The molecular formula is C14H14N2. The van der Waals surface area contributed by atoms with Gasteiger partial charge in [0, 0.05) is 0 Å². The van der Waals surface area contributed by atoms with E-state index in [2.05, 4.69) is 17.1 Å². The van der Waals surface area contributed by atoms with Gasteiger partial charge in [-0.3, -0.25) is 5.43 Å². The second-order valence-corrected chi connectivity index (χ2v) is 3.76. The van der Waals surface area contributed by atoms with E-state index in [1.165, 1.54) is 0 Å². The van der Waals surface area contributed by atoms with Gasteiger partial charge in [0.05, 0.1) is 11.9 Å². The van der Waals surface area contributed by atoms with Gasteiger partial charge in [-0.15, -0.1) is 0 Å². The summed E-state index contributed by atoms with van der Waals surface area (Å²) in [7, 11) is 0. The molecule has 1 aromatic rings. The molecule has 0 bridgehead atoms. The Bertz CT molecular complexity index is 479. The number of benzene rings is 1. The maximum absolute atomic E-state index is 4.15. The van der Waals surface area contributed by atoms with Crippen LogP contribution in [0.1, 0.15) is 12.5 Å². The van der Waals surface area contributed by atoms with Gasteiger partial charge in [-0.05, 0) is 29.7 Å². The SMILES string of the molecule is C=C1/C=C(C)\C=N/N/C(c2ccccc2)=C\1. The van der Waals surface area contributed by atoms with E-state index < -0.39 is 0 Å². The lowest BCUT2D eigenvalue weighted by atomic mass is 10.1. The molecule has 16 heavy (non-hydrogen) atoms. The molecule has 0 atom stereocenters. The molecule has 0 radical (unpaired) electrons. The van der Waals surface area contributed by atoms with Crippen molar-refractivity contribution in [1.82, 2.24) is 5.43 Å². The second-order valence-electron chi connectivity index (χ2n) is 3.76. The second kappa shape index (κ2) is 4.62. The minimum absolute atomic E-state index is 0.964. The van der Waals surface area contributed by atoms with Gasteiger partial charge in [-0.1, -0.05) is 43.0 Å². The first-order valence-corrected chi connectivity index (χ1v) is 5.19. The third-order valence-electron chi connectivity index (χ3n) is 2.28. The van der Waals surface area contributed by atoms with Gasteiger partial charge >= 0.3 is 0 Å². The summed E-state index contributed by atoms with van der Waals surface area (Å²) in [5.41, 5.74) is 7.15. The zero-order valence-corrected chi connectivity index (χ0v) is 9.27. The Morgan fingerprint density at radius 1 is 1.12 bits per heavy atom. The van der Waals surface area contributed by atoms with E-state index >= 15 is 0 Å². The summed E-state index contributed by atoms with van der Waals surface area (Å²) in [6, 6.07) is 10.1. The molecule has 1 aliphatic heterocycles. The van der Waals surface area contributed by atoms with E-state index in [1.807, 2.05) is 49.4 Å². The van der Waals surface area contributed by atoms with Crippen LogP contribution in [0.15, 0.2) is 65.3 Å². The molecule has 0 fully saturated rings. The minimum atomic E-state index is 0.964. The molecule has 2 nitrogen and oxygen atoms in total. The minimum Gasteiger partial charge on any atom is -0.278 e. The van der Waals surface area contributed by atoms with Crippen LogP contribution in [0.3, 0.4) is 0 Å². The molecule has 0 aromatic heterocycles. The Morgan fingerprint density at radius 2 is 1.88 bits per heavy atom. The third kappa shape index (κ3) is 2.48. The molecule has 1 heterocycles. The van der Waals surface area contributed by atoms with Gasteiger partial charge < -0.3 is 0 Å². The van der Waals surface area contributed by atoms with Gasteiger partial charge in [0.15, 0.2) is 0 Å². The van der Waals surface area contributed by atoms with Gasteiger partial charge in [0.1, 0.15) is 0 Å². The Balaban J connectivity index is 2.37. The fourth-order valence-corrected chi connectivity index (χ4v) is 1.56. The summed E-state index contributed by atoms with van der Waals surface area (Å²) in [4.78, 5) is 0. The number of nitrogens with one attached hydrogen (secondary N) is 1. The number of allylic oxidation sites excluding steroid dienone is 4. The fourth-order valence-electron chi connectivity index (χ4n) is 1.56. The number of hydrogen-bond acceptors (Lipinski definition) is 2. The van der Waals surface area contributed by atoms with Crippen molar-refractivity contribution in [3.05, 3.63) is 65.8 Å². The molecule has 2 rings (SSSR count). The molecule has 0 aliphatic carbocycles. The zero-order valence-electron chi connectivity index (χ0n) is 9.27. The standard InChI is InChI=1S/C14H14N2/c1-11-8-12(2)10-15-16-14(9-11)13-6-4-3-5-7-13/h3-10,16H,1H2,2H3/b12-8-,14-9-,15-10-. The lowest BCUT2D eigenvalue weighted by molar-refractivity contribution is 0.995. The molecule has 1 aromatic carbocycles. The summed E-state index contributed by atoms with van der Waals surface area (Å²) >= 11 is 0. The van der Waals surface area contributed by atoms with E-state index in [1.54, 1.807) is 6.21 Å². The Labute approximate surface area is 95.7 Å². The molecule has 0 saturated heterocycles. The van der Waals surface area contributed by atoms with Gasteiger partial charge in [-0.25, -0.2) is 0 Å². The van der Waals surface area contributed by atoms with Crippen molar-refractivity contribution in [2.75, 3.05) is 0 Å². The van der Waals surface area contributed by atoms with Gasteiger partial charge in [0.25, 0.3) is 0 Å². The highest BCUT2D eigenvalue weighted by molar-refractivity contribution is 5.81. The molecule has 80 valence electrons. The van der Waals surface area contributed by atoms with Crippen LogP contribution in [0, 0.1) is 0 Å². The van der Waals surface area contributed by atoms with Crippen LogP contribution in [0.4, 0.5) is 0 Å². The van der Waals surface area contributed by atoms with Crippen molar-refractivity contribution in [3.63, 3.8) is 0 Å². The van der Waals surface area contributed by atoms with Crippen LogP contribution >= 0.6 is 0 Å². The Kier molecular flexibility index (Phi) is 3.01. The first kappa shape index (κ1) is 10.4. The monoisotopic (exact) mass is 210 g/mol. The van der Waals surface area contributed by atoms with Crippen molar-refractivity contribution in [2.45, 2.75) is 6.92 Å². The molecule has 0 spiro atoms. The quantitative estimate of drug-likeness (QED) is 0.756. The van der Waals surface area contributed by atoms with Crippen molar-refractivity contribution in [3.8, 4) is 0 Å². The van der Waals surface area contributed by atoms with Crippen LogP contribution in [0.25, 0.3) is 5.70 Å². The first-order chi connectivity index (χ1) is 7.75. The summed E-state index contributed by atoms with van der Waals surface area (Å²) < 4.78 is 0. The first-order valence-electron chi connectivity index (χ1n) is 5.19. The number of hydrazone groups is 1. The molecule has 1 N–H and O–H groups in total. The number of hydrogen-bond donors (Lipinski definition) is 1. The summed E-state index contributed by atoms with van der Waals surface area (Å²) in [5.74, 6) is 0. The lowest BCUT2D eigenvalue weighted by Crippen LogP contribution is -2.06. The predicted octanol–water partition coefficient (Wildman–Crippen LogP) is 3.12. The molecule has 2 heteroatoms. The van der Waals surface area contributed by atoms with Crippen LogP contribution in [-0.4, -0.2) is 6.21 Å². The molecule has 0 saturated carbocycles. The smallest absolute Gasteiger partial charge is 0.0639 e. The van der Waals surface area contributed by atoms with Crippen LogP contribution in [-0.2, 0) is 0 Å². The molecule has 0 amide bonds. The predicted molar refractivity (Wildman–Crippen MR) is 68.9 cm³/mol. The van der Waals surface area contributed by atoms with E-state index in [0.29, 0.717) is 0 Å². The van der Waals surface area contributed by atoms with Crippen molar-refractivity contribution >= 4 is 11.9 Å². The van der Waals surface area contributed by atoms with Gasteiger partial charge in [0.2, 0.25) is 0 Å². The fraction of sp³-hybridized carbons (Fsp3) is 0.0714. The molecular weight excluding hydrogens is 196 g/mol. The van der Waals surface area contributed by atoms with E-state index in [0.717, 1.165) is 22.4 Å². The van der Waals surface area contributed by atoms with Crippen molar-refractivity contribution in [1.29, 1.82) is 0 Å². The average Bonchev–Trinajstić information content (AvgIpc) is 2.26. The highest BCUT2D eigenvalue weighted by atomic mass is 15.3. The normalized spacial score (nSPS) is 24.2. The largest absolute Gasteiger partial charge is 0.278 e. The zero-order chi connectivity index (χ0) is 11.4.